The Hall–Kier alpha value is -2.77. The van der Waals surface area contributed by atoms with E-state index in [1.807, 2.05) is 22.9 Å². The molecule has 1 aliphatic rings. The molecule has 1 fully saturated rings. The van der Waals surface area contributed by atoms with Crippen LogP contribution in [0.3, 0.4) is 0 Å². The summed E-state index contributed by atoms with van der Waals surface area (Å²) < 4.78 is 12.0. The van der Waals surface area contributed by atoms with Crippen LogP contribution in [0.1, 0.15) is 13.3 Å². The van der Waals surface area contributed by atoms with Crippen LogP contribution in [0, 0.1) is 0 Å². The Morgan fingerprint density at radius 1 is 1.15 bits per heavy atom. The molecule has 2 amide bonds. The van der Waals surface area contributed by atoms with Crippen molar-refractivity contribution < 1.29 is 19.1 Å². The number of carbonyl (C=O) groups is 2. The van der Waals surface area contributed by atoms with Crippen LogP contribution in [0.2, 0.25) is 0 Å². The van der Waals surface area contributed by atoms with Gasteiger partial charge in [-0.25, -0.2) is 4.79 Å². The Bertz CT molecular complexity index is 781. The van der Waals surface area contributed by atoms with Crippen LogP contribution in [0.5, 0.6) is 5.75 Å². The monoisotopic (exact) mass is 360 g/mol. The number of amides is 2. The number of methoxy groups -OCH3 is 1. The second-order valence-electron chi connectivity index (χ2n) is 6.11. The molecule has 8 heteroatoms. The van der Waals surface area contributed by atoms with Gasteiger partial charge in [-0.1, -0.05) is 0 Å². The predicted molar refractivity (Wildman–Crippen MR) is 96.1 cm³/mol. The molecule has 0 N–H and O–H groups in total. The Morgan fingerprint density at radius 3 is 2.58 bits per heavy atom. The molecule has 1 saturated heterocycles. The fourth-order valence-electron chi connectivity index (χ4n) is 3.08. The molecule has 1 aromatic carbocycles. The van der Waals surface area contributed by atoms with Gasteiger partial charge in [0.15, 0.2) is 0 Å². The number of hydrogen-bond acceptors (Lipinski definition) is 5. The molecule has 3 rings (SSSR count). The number of aryl methyl sites for hydroxylation is 1. The largest absolute Gasteiger partial charge is 0.497 e. The summed E-state index contributed by atoms with van der Waals surface area (Å²) in [5.74, 6) is 0.860. The number of ether oxygens (including phenoxy) is 2. The van der Waals surface area contributed by atoms with Crippen LogP contribution in [-0.2, 0) is 16.1 Å². The minimum absolute atomic E-state index is 0.0747. The number of hydrogen-bond donors (Lipinski definition) is 0. The molecule has 0 saturated carbocycles. The van der Waals surface area contributed by atoms with Crippen molar-refractivity contribution in [1.29, 1.82) is 0 Å². The third kappa shape index (κ3) is 3.89. The van der Waals surface area contributed by atoms with Crippen molar-refractivity contribution in [2.24, 2.45) is 0 Å². The molecule has 1 aliphatic heterocycles. The highest BCUT2D eigenvalue weighted by molar-refractivity contribution is 5.81. The molecule has 0 bridgehead atoms. The summed E-state index contributed by atoms with van der Waals surface area (Å²) in [6.45, 7) is 4.76. The first-order chi connectivity index (χ1) is 12.6. The van der Waals surface area contributed by atoms with Crippen LogP contribution in [-0.4, -0.2) is 71.5 Å². The smallest absolute Gasteiger partial charge is 0.409 e. The predicted octanol–water partition coefficient (Wildman–Crippen LogP) is 1.74. The van der Waals surface area contributed by atoms with Gasteiger partial charge in [-0.15, -0.1) is 0 Å². The van der Waals surface area contributed by atoms with Crippen molar-refractivity contribution in [3.05, 3.63) is 24.4 Å². The van der Waals surface area contributed by atoms with Crippen molar-refractivity contribution in [2.45, 2.75) is 19.9 Å². The number of fused-ring (bicyclic) bond motifs is 1. The van der Waals surface area contributed by atoms with Gasteiger partial charge in [-0.3, -0.25) is 9.48 Å². The van der Waals surface area contributed by atoms with Gasteiger partial charge in [0.05, 0.1) is 32.0 Å². The first-order valence-electron chi connectivity index (χ1n) is 8.81. The van der Waals surface area contributed by atoms with E-state index in [0.717, 1.165) is 16.7 Å². The number of rotatable bonds is 5. The Morgan fingerprint density at radius 2 is 1.88 bits per heavy atom. The van der Waals surface area contributed by atoms with Crippen LogP contribution in [0.15, 0.2) is 24.4 Å². The first-order valence-corrected chi connectivity index (χ1v) is 8.81. The molecule has 0 spiro atoms. The molecule has 8 nitrogen and oxygen atoms in total. The van der Waals surface area contributed by atoms with E-state index in [4.69, 9.17) is 9.47 Å². The second kappa shape index (κ2) is 8.07. The van der Waals surface area contributed by atoms with Crippen molar-refractivity contribution in [2.75, 3.05) is 39.9 Å². The number of aromatic nitrogens is 2. The minimum Gasteiger partial charge on any atom is -0.497 e. The number of carbonyl (C=O) groups excluding carboxylic acids is 2. The number of nitrogens with zero attached hydrogens (tertiary/aromatic N) is 4. The van der Waals surface area contributed by atoms with E-state index in [2.05, 4.69) is 5.10 Å². The zero-order valence-corrected chi connectivity index (χ0v) is 15.2. The van der Waals surface area contributed by atoms with Crippen LogP contribution < -0.4 is 4.74 Å². The maximum atomic E-state index is 12.5. The summed E-state index contributed by atoms with van der Waals surface area (Å²) in [4.78, 5) is 27.6. The molecule has 1 aromatic heterocycles. The lowest BCUT2D eigenvalue weighted by Crippen LogP contribution is -2.50. The maximum Gasteiger partial charge on any atom is 0.409 e. The highest BCUT2D eigenvalue weighted by Gasteiger charge is 2.24. The van der Waals surface area contributed by atoms with Gasteiger partial charge >= 0.3 is 6.09 Å². The third-order valence-electron chi connectivity index (χ3n) is 4.54. The van der Waals surface area contributed by atoms with Crippen LogP contribution in [0.25, 0.3) is 10.9 Å². The summed E-state index contributed by atoms with van der Waals surface area (Å²) in [5, 5.41) is 5.35. The highest BCUT2D eigenvalue weighted by Crippen LogP contribution is 2.20. The van der Waals surface area contributed by atoms with E-state index in [9.17, 15) is 9.59 Å². The zero-order chi connectivity index (χ0) is 18.5. The molecule has 2 heterocycles. The number of benzene rings is 1. The Labute approximate surface area is 152 Å². The maximum absolute atomic E-state index is 12.5. The van der Waals surface area contributed by atoms with Crippen molar-refractivity contribution in [3.63, 3.8) is 0 Å². The molecule has 26 heavy (non-hydrogen) atoms. The minimum atomic E-state index is -0.307. The van der Waals surface area contributed by atoms with E-state index >= 15 is 0 Å². The van der Waals surface area contributed by atoms with E-state index in [-0.39, 0.29) is 12.0 Å². The summed E-state index contributed by atoms with van der Waals surface area (Å²) in [5.41, 5.74) is 0.978. The van der Waals surface area contributed by atoms with Gasteiger partial charge < -0.3 is 19.3 Å². The topological polar surface area (TPSA) is 76.9 Å². The van der Waals surface area contributed by atoms with Gasteiger partial charge in [0.25, 0.3) is 0 Å². The van der Waals surface area contributed by atoms with E-state index in [1.54, 1.807) is 30.0 Å². The second-order valence-corrected chi connectivity index (χ2v) is 6.11. The fraction of sp³-hybridized carbons (Fsp3) is 0.500. The van der Waals surface area contributed by atoms with Gasteiger partial charge in [0.1, 0.15) is 5.75 Å². The third-order valence-corrected chi connectivity index (χ3v) is 4.54. The van der Waals surface area contributed by atoms with Gasteiger partial charge in [-0.05, 0) is 25.1 Å². The van der Waals surface area contributed by atoms with Gasteiger partial charge in [0.2, 0.25) is 5.91 Å². The molecule has 0 unspecified atom stereocenters. The molecular formula is C18H24N4O4. The zero-order valence-electron chi connectivity index (χ0n) is 15.2. The van der Waals surface area contributed by atoms with E-state index < -0.39 is 0 Å². The van der Waals surface area contributed by atoms with E-state index in [1.165, 1.54) is 0 Å². The van der Waals surface area contributed by atoms with E-state index in [0.29, 0.717) is 45.8 Å². The van der Waals surface area contributed by atoms with Gasteiger partial charge in [-0.2, -0.15) is 5.10 Å². The Kier molecular flexibility index (Phi) is 5.60. The van der Waals surface area contributed by atoms with Crippen molar-refractivity contribution in [3.8, 4) is 5.75 Å². The summed E-state index contributed by atoms with van der Waals surface area (Å²) in [7, 11) is 1.63. The molecule has 2 aromatic rings. The fourth-order valence-corrected chi connectivity index (χ4v) is 3.08. The van der Waals surface area contributed by atoms with Crippen LogP contribution >= 0.6 is 0 Å². The summed E-state index contributed by atoms with van der Waals surface area (Å²) >= 11 is 0. The van der Waals surface area contributed by atoms with Crippen molar-refractivity contribution in [1.82, 2.24) is 19.6 Å². The lowest BCUT2D eigenvalue weighted by molar-refractivity contribution is -0.133. The lowest BCUT2D eigenvalue weighted by Gasteiger charge is -2.34. The Balaban J connectivity index is 1.53. The highest BCUT2D eigenvalue weighted by atomic mass is 16.6. The molecule has 140 valence electrons. The normalized spacial score (nSPS) is 14.5. The lowest BCUT2D eigenvalue weighted by atomic mass is 10.2. The molecule has 0 aliphatic carbocycles. The summed E-state index contributed by atoms with van der Waals surface area (Å²) in [6, 6.07) is 5.76. The SMILES string of the molecule is CCOC(=O)N1CCN(C(=O)CCn2ncc3cc(OC)ccc32)CC1. The molecule has 0 radical (unpaired) electrons. The first kappa shape index (κ1) is 18.0. The van der Waals surface area contributed by atoms with Gasteiger partial charge in [0, 0.05) is 38.0 Å². The van der Waals surface area contributed by atoms with Crippen molar-refractivity contribution >= 4 is 22.9 Å². The molecular weight excluding hydrogens is 336 g/mol. The standard InChI is InChI=1S/C18H24N4O4/c1-3-26-18(24)21-10-8-20(9-11-21)17(23)6-7-22-16-5-4-15(25-2)12-14(16)13-19-22/h4-5,12-13H,3,6-11H2,1-2H3. The average Bonchev–Trinajstić information content (AvgIpc) is 3.08. The quantitative estimate of drug-likeness (QED) is 0.812. The van der Waals surface area contributed by atoms with Crippen LogP contribution in [0.4, 0.5) is 4.79 Å². The average molecular weight is 360 g/mol. The molecule has 0 atom stereocenters. The summed E-state index contributed by atoms with van der Waals surface area (Å²) in [6.07, 6.45) is 1.85. The number of piperazine rings is 1.